The summed E-state index contributed by atoms with van der Waals surface area (Å²) in [6, 6.07) is 9.21. The summed E-state index contributed by atoms with van der Waals surface area (Å²) in [4.78, 5) is 25.3. The number of carbonyl (C=O) groups excluding carboxylic acids is 1. The van der Waals surface area contributed by atoms with Crippen LogP contribution in [-0.2, 0) is 17.6 Å². The predicted molar refractivity (Wildman–Crippen MR) is 92.2 cm³/mol. The van der Waals surface area contributed by atoms with Crippen molar-refractivity contribution in [3.8, 4) is 5.69 Å². The van der Waals surface area contributed by atoms with E-state index in [1.54, 1.807) is 4.68 Å². The lowest BCUT2D eigenvalue weighted by Gasteiger charge is -2.27. The first-order chi connectivity index (χ1) is 13.2. The van der Waals surface area contributed by atoms with Crippen molar-refractivity contribution >= 4 is 11.9 Å². The number of fused-ring (bicyclic) bond motifs is 1. The maximum atomic E-state index is 13.4. The molecular weight excluding hydrogens is 375 g/mol. The summed E-state index contributed by atoms with van der Waals surface area (Å²) in [7, 11) is 0. The van der Waals surface area contributed by atoms with Crippen LogP contribution >= 0.6 is 0 Å². The lowest BCUT2D eigenvalue weighted by atomic mass is 9.86. The second-order valence-corrected chi connectivity index (χ2v) is 7.24. The van der Waals surface area contributed by atoms with Crippen LogP contribution in [-0.4, -0.2) is 50.9 Å². The lowest BCUT2D eigenvalue weighted by molar-refractivity contribution is -0.227. The lowest BCUT2D eigenvalue weighted by Crippen LogP contribution is -2.47. The predicted octanol–water partition coefficient (Wildman–Crippen LogP) is 2.84. The van der Waals surface area contributed by atoms with Crippen molar-refractivity contribution in [1.29, 1.82) is 0 Å². The van der Waals surface area contributed by atoms with Gasteiger partial charge in [-0.1, -0.05) is 18.2 Å². The van der Waals surface area contributed by atoms with Gasteiger partial charge in [0.25, 0.3) is 5.91 Å². The van der Waals surface area contributed by atoms with Crippen LogP contribution in [0, 0.1) is 5.41 Å². The number of amides is 1. The van der Waals surface area contributed by atoms with Gasteiger partial charge in [-0.15, -0.1) is 0 Å². The molecule has 0 spiro atoms. The molecule has 148 valence electrons. The first-order valence-electron chi connectivity index (χ1n) is 9.00. The molecule has 1 aliphatic heterocycles. The molecule has 1 aromatic carbocycles. The van der Waals surface area contributed by atoms with Crippen LogP contribution in [0.3, 0.4) is 0 Å². The largest absolute Gasteiger partial charge is 0.481 e. The third-order valence-electron chi connectivity index (χ3n) is 5.64. The number of rotatable bonds is 3. The SMILES string of the molecule is O=C(c1nn(-c2ccccc2)c2c1CCC2)N1CCC(C(=O)O)(C(F)(F)F)C1. The van der Waals surface area contributed by atoms with Crippen LogP contribution in [0.2, 0.25) is 0 Å². The van der Waals surface area contributed by atoms with Crippen LogP contribution in [0.4, 0.5) is 13.2 Å². The van der Waals surface area contributed by atoms with E-state index in [-0.39, 0.29) is 12.2 Å². The minimum absolute atomic E-state index is 0.125. The summed E-state index contributed by atoms with van der Waals surface area (Å²) in [6.45, 7) is -1.16. The van der Waals surface area contributed by atoms with Crippen molar-refractivity contribution in [2.24, 2.45) is 5.41 Å². The van der Waals surface area contributed by atoms with Crippen LogP contribution in [0.15, 0.2) is 30.3 Å². The first kappa shape index (κ1) is 18.5. The number of carboxylic acids is 1. The summed E-state index contributed by atoms with van der Waals surface area (Å²) >= 11 is 0. The molecule has 4 rings (SSSR count). The van der Waals surface area contributed by atoms with Crippen LogP contribution < -0.4 is 0 Å². The molecule has 28 heavy (non-hydrogen) atoms. The summed E-state index contributed by atoms with van der Waals surface area (Å²) < 4.78 is 41.9. The number of carboxylic acid groups (broad SMARTS) is 1. The Morgan fingerprint density at radius 2 is 1.86 bits per heavy atom. The third-order valence-corrected chi connectivity index (χ3v) is 5.64. The fourth-order valence-electron chi connectivity index (χ4n) is 4.05. The van der Waals surface area contributed by atoms with Crippen molar-refractivity contribution < 1.29 is 27.9 Å². The molecule has 1 fully saturated rings. The highest BCUT2D eigenvalue weighted by Crippen LogP contribution is 2.46. The summed E-state index contributed by atoms with van der Waals surface area (Å²) in [5, 5.41) is 13.6. The molecule has 1 atom stereocenters. The molecule has 0 bridgehead atoms. The number of aliphatic carboxylic acids is 1. The van der Waals surface area contributed by atoms with E-state index < -0.39 is 36.4 Å². The molecule has 2 aliphatic rings. The Hall–Kier alpha value is -2.84. The number of para-hydroxylation sites is 1. The minimum Gasteiger partial charge on any atom is -0.481 e. The zero-order chi connectivity index (χ0) is 20.1. The van der Waals surface area contributed by atoms with E-state index in [2.05, 4.69) is 5.10 Å². The number of nitrogens with zero attached hydrogens (tertiary/aromatic N) is 3. The zero-order valence-electron chi connectivity index (χ0n) is 14.9. The Bertz CT molecular complexity index is 939. The van der Waals surface area contributed by atoms with E-state index in [1.807, 2.05) is 30.3 Å². The van der Waals surface area contributed by atoms with Crippen LogP contribution in [0.25, 0.3) is 5.69 Å². The van der Waals surface area contributed by atoms with Gasteiger partial charge in [0.1, 0.15) is 0 Å². The quantitative estimate of drug-likeness (QED) is 0.870. The Morgan fingerprint density at radius 1 is 1.14 bits per heavy atom. The van der Waals surface area contributed by atoms with Crippen LogP contribution in [0.5, 0.6) is 0 Å². The van der Waals surface area contributed by atoms with Gasteiger partial charge in [-0.2, -0.15) is 18.3 Å². The number of halogens is 3. The van der Waals surface area contributed by atoms with Gasteiger partial charge in [0.15, 0.2) is 11.1 Å². The zero-order valence-corrected chi connectivity index (χ0v) is 14.9. The highest BCUT2D eigenvalue weighted by molar-refractivity contribution is 5.95. The van der Waals surface area contributed by atoms with Crippen molar-refractivity contribution in [2.45, 2.75) is 31.9 Å². The molecular formula is C19H18F3N3O3. The number of alkyl halides is 3. The van der Waals surface area contributed by atoms with Gasteiger partial charge in [0, 0.05) is 24.3 Å². The second-order valence-electron chi connectivity index (χ2n) is 7.24. The maximum Gasteiger partial charge on any atom is 0.406 e. The van der Waals surface area contributed by atoms with Crippen molar-refractivity contribution in [1.82, 2.24) is 14.7 Å². The Balaban J connectivity index is 1.68. The molecule has 1 aromatic heterocycles. The van der Waals surface area contributed by atoms with Gasteiger partial charge < -0.3 is 10.0 Å². The molecule has 9 heteroatoms. The number of carbonyl (C=O) groups is 2. The average molecular weight is 393 g/mol. The Kier molecular flexibility index (Phi) is 4.20. The number of hydrogen-bond donors (Lipinski definition) is 1. The first-order valence-corrected chi connectivity index (χ1v) is 9.00. The van der Waals surface area contributed by atoms with E-state index in [1.165, 1.54) is 0 Å². The molecule has 0 saturated carbocycles. The van der Waals surface area contributed by atoms with Gasteiger partial charge in [-0.25, -0.2) is 4.68 Å². The van der Waals surface area contributed by atoms with E-state index >= 15 is 0 Å². The highest BCUT2D eigenvalue weighted by Gasteiger charge is 2.64. The number of hydrogen-bond acceptors (Lipinski definition) is 3. The summed E-state index contributed by atoms with van der Waals surface area (Å²) in [5.74, 6) is -2.59. The Morgan fingerprint density at radius 3 is 2.46 bits per heavy atom. The van der Waals surface area contributed by atoms with E-state index in [0.29, 0.717) is 6.42 Å². The van der Waals surface area contributed by atoms with Crippen molar-refractivity contribution in [2.75, 3.05) is 13.1 Å². The van der Waals surface area contributed by atoms with Gasteiger partial charge >= 0.3 is 12.1 Å². The fraction of sp³-hybridized carbons (Fsp3) is 0.421. The second kappa shape index (κ2) is 6.35. The van der Waals surface area contributed by atoms with E-state index in [9.17, 15) is 27.9 Å². The van der Waals surface area contributed by atoms with Gasteiger partial charge in [-0.05, 0) is 37.8 Å². The molecule has 1 aliphatic carbocycles. The number of aromatic nitrogens is 2. The molecule has 2 heterocycles. The van der Waals surface area contributed by atoms with Crippen molar-refractivity contribution in [3.63, 3.8) is 0 Å². The maximum absolute atomic E-state index is 13.4. The Labute approximate surface area is 158 Å². The molecule has 2 aromatic rings. The molecule has 6 nitrogen and oxygen atoms in total. The molecule has 1 saturated heterocycles. The molecule has 0 radical (unpaired) electrons. The van der Waals surface area contributed by atoms with E-state index in [4.69, 9.17) is 0 Å². The summed E-state index contributed by atoms with van der Waals surface area (Å²) in [6.07, 6.45) is -3.40. The highest BCUT2D eigenvalue weighted by atomic mass is 19.4. The topological polar surface area (TPSA) is 75.4 Å². The average Bonchev–Trinajstić information content (AvgIpc) is 3.36. The van der Waals surface area contributed by atoms with Crippen LogP contribution in [0.1, 0.15) is 34.6 Å². The van der Waals surface area contributed by atoms with Gasteiger partial charge in [0.2, 0.25) is 0 Å². The number of benzene rings is 1. The monoisotopic (exact) mass is 393 g/mol. The standard InChI is InChI=1S/C19H18F3N3O3/c20-19(21,22)18(17(27)28)9-10-24(11-18)16(26)15-13-7-4-8-14(13)25(23-15)12-5-2-1-3-6-12/h1-3,5-6H,4,7-11H2,(H,27,28). The minimum atomic E-state index is -4.93. The third kappa shape index (κ3) is 2.68. The van der Waals surface area contributed by atoms with Gasteiger partial charge in [-0.3, -0.25) is 9.59 Å². The van der Waals surface area contributed by atoms with E-state index in [0.717, 1.165) is 34.7 Å². The normalized spacial score (nSPS) is 21.8. The molecule has 1 N–H and O–H groups in total. The molecule has 1 unspecified atom stereocenters. The summed E-state index contributed by atoms with van der Waals surface area (Å²) in [5.41, 5.74) is -0.396. The molecule has 1 amide bonds. The smallest absolute Gasteiger partial charge is 0.406 e. The van der Waals surface area contributed by atoms with Gasteiger partial charge in [0.05, 0.1) is 5.69 Å². The number of likely N-dealkylation sites (tertiary alicyclic amines) is 1. The fourth-order valence-corrected chi connectivity index (χ4v) is 4.05. The van der Waals surface area contributed by atoms with Crippen molar-refractivity contribution in [3.05, 3.63) is 47.3 Å².